The van der Waals surface area contributed by atoms with Crippen molar-refractivity contribution < 1.29 is 9.59 Å². The van der Waals surface area contributed by atoms with E-state index in [0.717, 1.165) is 16.7 Å². The van der Waals surface area contributed by atoms with Gasteiger partial charge in [0.05, 0.1) is 11.6 Å². The summed E-state index contributed by atoms with van der Waals surface area (Å²) in [5.41, 5.74) is 0.743. The molecule has 1 N–H and O–H groups in total. The van der Waals surface area contributed by atoms with Crippen LogP contribution in [0.5, 0.6) is 0 Å². The molecule has 2 rings (SSSR count). The first-order valence-corrected chi connectivity index (χ1v) is 7.60. The predicted molar refractivity (Wildman–Crippen MR) is 82.3 cm³/mol. The number of amides is 2. The van der Waals surface area contributed by atoms with Crippen molar-refractivity contribution in [1.82, 2.24) is 4.90 Å². The van der Waals surface area contributed by atoms with Crippen LogP contribution in [-0.4, -0.2) is 29.8 Å². The Labute approximate surface area is 127 Å². The molecule has 1 atom stereocenters. The van der Waals surface area contributed by atoms with Gasteiger partial charge < -0.3 is 10.2 Å². The lowest BCUT2D eigenvalue weighted by Crippen LogP contribution is -2.31. The molecule has 0 aromatic heterocycles. The van der Waals surface area contributed by atoms with Gasteiger partial charge in [-0.25, -0.2) is 0 Å². The predicted octanol–water partition coefficient (Wildman–Crippen LogP) is 2.89. The van der Waals surface area contributed by atoms with E-state index in [4.69, 9.17) is 0 Å². The molecule has 5 heteroatoms. The smallest absolute Gasteiger partial charge is 0.229 e. The molecular formula is C15H19BrN2O2. The number of carbonyl (C=O) groups excluding carboxylic acids is 2. The van der Waals surface area contributed by atoms with Gasteiger partial charge in [-0.2, -0.15) is 0 Å². The summed E-state index contributed by atoms with van der Waals surface area (Å²) in [7, 11) is 0. The summed E-state index contributed by atoms with van der Waals surface area (Å²) in [5.74, 6) is 0.153. The zero-order valence-corrected chi connectivity index (χ0v) is 13.3. The highest BCUT2D eigenvalue weighted by molar-refractivity contribution is 9.10. The molecule has 1 aromatic rings. The van der Waals surface area contributed by atoms with Crippen LogP contribution >= 0.6 is 15.9 Å². The van der Waals surface area contributed by atoms with Crippen molar-refractivity contribution in [1.29, 1.82) is 0 Å². The molecule has 20 heavy (non-hydrogen) atoms. The van der Waals surface area contributed by atoms with E-state index in [0.29, 0.717) is 18.9 Å². The molecule has 4 nitrogen and oxygen atoms in total. The van der Waals surface area contributed by atoms with Crippen LogP contribution in [0, 0.1) is 11.8 Å². The first-order chi connectivity index (χ1) is 9.47. The topological polar surface area (TPSA) is 49.4 Å². The molecular weight excluding hydrogens is 320 g/mol. The van der Waals surface area contributed by atoms with Gasteiger partial charge in [0.2, 0.25) is 11.8 Å². The maximum atomic E-state index is 12.2. The van der Waals surface area contributed by atoms with E-state index in [-0.39, 0.29) is 17.7 Å². The average Bonchev–Trinajstić information content (AvgIpc) is 2.73. The van der Waals surface area contributed by atoms with Gasteiger partial charge in [-0.05, 0) is 34.0 Å². The minimum absolute atomic E-state index is 0.0750. The fourth-order valence-corrected chi connectivity index (χ4v) is 2.75. The standard InChI is InChI=1S/C15H19BrN2O2/c1-10(2)8-18-9-11(7-14(18)19)15(20)17-13-6-4-3-5-12(13)16/h3-6,10-11H,7-9H2,1-2H3,(H,17,20). The fraction of sp³-hybridized carbons (Fsp3) is 0.467. The number of para-hydroxylation sites is 1. The zero-order valence-electron chi connectivity index (χ0n) is 11.7. The summed E-state index contributed by atoms with van der Waals surface area (Å²) in [5, 5.41) is 2.88. The van der Waals surface area contributed by atoms with Crippen LogP contribution in [0.3, 0.4) is 0 Å². The van der Waals surface area contributed by atoms with Gasteiger partial charge in [0.25, 0.3) is 0 Å². The van der Waals surface area contributed by atoms with Crippen LogP contribution in [0.15, 0.2) is 28.7 Å². The molecule has 1 heterocycles. The van der Waals surface area contributed by atoms with Crippen LogP contribution in [0.2, 0.25) is 0 Å². The van der Waals surface area contributed by atoms with Crippen molar-refractivity contribution in [3.05, 3.63) is 28.7 Å². The summed E-state index contributed by atoms with van der Waals surface area (Å²) in [6.45, 7) is 5.38. The van der Waals surface area contributed by atoms with Gasteiger partial charge in [0.1, 0.15) is 0 Å². The Morgan fingerprint density at radius 3 is 2.80 bits per heavy atom. The Bertz CT molecular complexity index is 516. The van der Waals surface area contributed by atoms with Gasteiger partial charge in [-0.3, -0.25) is 9.59 Å². The number of benzene rings is 1. The average molecular weight is 339 g/mol. The third-order valence-electron chi connectivity index (χ3n) is 3.30. The number of hydrogen-bond donors (Lipinski definition) is 1. The number of likely N-dealkylation sites (tertiary alicyclic amines) is 1. The summed E-state index contributed by atoms with van der Waals surface area (Å²) >= 11 is 3.40. The Morgan fingerprint density at radius 1 is 1.45 bits per heavy atom. The minimum Gasteiger partial charge on any atom is -0.342 e. The van der Waals surface area contributed by atoms with Crippen LogP contribution in [-0.2, 0) is 9.59 Å². The maximum Gasteiger partial charge on any atom is 0.229 e. The lowest BCUT2D eigenvalue weighted by atomic mass is 10.1. The molecule has 0 aliphatic carbocycles. The van der Waals surface area contributed by atoms with Crippen molar-refractivity contribution >= 4 is 33.4 Å². The Kier molecular flexibility index (Phi) is 4.81. The van der Waals surface area contributed by atoms with Crippen LogP contribution in [0.1, 0.15) is 20.3 Å². The van der Waals surface area contributed by atoms with E-state index < -0.39 is 0 Å². The number of hydrogen-bond acceptors (Lipinski definition) is 2. The van der Waals surface area contributed by atoms with Gasteiger partial charge in [0.15, 0.2) is 0 Å². The SMILES string of the molecule is CC(C)CN1CC(C(=O)Nc2ccccc2Br)CC1=O. The van der Waals surface area contributed by atoms with Crippen molar-refractivity contribution in [2.75, 3.05) is 18.4 Å². The van der Waals surface area contributed by atoms with Gasteiger partial charge in [-0.15, -0.1) is 0 Å². The quantitative estimate of drug-likeness (QED) is 0.917. The van der Waals surface area contributed by atoms with E-state index in [1.807, 2.05) is 24.3 Å². The highest BCUT2D eigenvalue weighted by atomic mass is 79.9. The lowest BCUT2D eigenvalue weighted by Gasteiger charge is -2.18. The maximum absolute atomic E-state index is 12.2. The first kappa shape index (κ1) is 15.0. The fourth-order valence-electron chi connectivity index (χ4n) is 2.36. The third-order valence-corrected chi connectivity index (χ3v) is 3.99. The molecule has 1 aliphatic rings. The van der Waals surface area contributed by atoms with E-state index >= 15 is 0 Å². The number of nitrogens with zero attached hydrogens (tertiary/aromatic N) is 1. The number of rotatable bonds is 4. The summed E-state index contributed by atoms with van der Waals surface area (Å²) in [6, 6.07) is 7.47. The normalized spacial score (nSPS) is 18.7. The zero-order chi connectivity index (χ0) is 14.7. The molecule has 108 valence electrons. The number of carbonyl (C=O) groups is 2. The lowest BCUT2D eigenvalue weighted by molar-refractivity contribution is -0.128. The highest BCUT2D eigenvalue weighted by Crippen LogP contribution is 2.24. The van der Waals surface area contributed by atoms with Crippen molar-refractivity contribution in [3.63, 3.8) is 0 Å². The van der Waals surface area contributed by atoms with Crippen molar-refractivity contribution in [2.24, 2.45) is 11.8 Å². The second-order valence-electron chi connectivity index (χ2n) is 5.56. The third kappa shape index (κ3) is 3.60. The Morgan fingerprint density at radius 2 is 2.15 bits per heavy atom. The second-order valence-corrected chi connectivity index (χ2v) is 6.42. The summed E-state index contributed by atoms with van der Waals surface area (Å²) in [6.07, 6.45) is 0.309. The molecule has 1 fully saturated rings. The van der Waals surface area contributed by atoms with Crippen molar-refractivity contribution in [3.8, 4) is 0 Å². The molecule has 1 aromatic carbocycles. The first-order valence-electron chi connectivity index (χ1n) is 6.80. The van der Waals surface area contributed by atoms with Crippen molar-refractivity contribution in [2.45, 2.75) is 20.3 Å². The highest BCUT2D eigenvalue weighted by Gasteiger charge is 2.34. The molecule has 0 bridgehead atoms. The number of anilines is 1. The number of halogens is 1. The van der Waals surface area contributed by atoms with E-state index in [9.17, 15) is 9.59 Å². The molecule has 1 aliphatic heterocycles. The summed E-state index contributed by atoms with van der Waals surface area (Å²) in [4.78, 5) is 25.9. The number of nitrogens with one attached hydrogen (secondary N) is 1. The van der Waals surface area contributed by atoms with Gasteiger partial charge in [-0.1, -0.05) is 26.0 Å². The largest absolute Gasteiger partial charge is 0.342 e. The molecule has 1 saturated heterocycles. The molecule has 2 amide bonds. The molecule has 0 saturated carbocycles. The minimum atomic E-state index is -0.256. The van der Waals surface area contributed by atoms with Gasteiger partial charge >= 0.3 is 0 Å². The monoisotopic (exact) mass is 338 g/mol. The molecule has 1 unspecified atom stereocenters. The van der Waals surface area contributed by atoms with Crippen LogP contribution in [0.25, 0.3) is 0 Å². The Balaban J connectivity index is 1.98. The molecule has 0 radical (unpaired) electrons. The Hall–Kier alpha value is -1.36. The van der Waals surface area contributed by atoms with E-state index in [2.05, 4.69) is 35.1 Å². The van der Waals surface area contributed by atoms with Crippen LogP contribution in [0.4, 0.5) is 5.69 Å². The van der Waals surface area contributed by atoms with E-state index in [1.54, 1.807) is 4.90 Å². The van der Waals surface area contributed by atoms with Gasteiger partial charge in [0, 0.05) is 24.0 Å². The summed E-state index contributed by atoms with van der Waals surface area (Å²) < 4.78 is 0.844. The van der Waals surface area contributed by atoms with Crippen LogP contribution < -0.4 is 5.32 Å². The molecule has 0 spiro atoms. The van der Waals surface area contributed by atoms with E-state index in [1.165, 1.54) is 0 Å². The second kappa shape index (κ2) is 6.39.